The third-order valence-corrected chi connectivity index (χ3v) is 6.68. The highest BCUT2D eigenvalue weighted by molar-refractivity contribution is 5.98. The molecule has 6 rings (SSSR count). The fourth-order valence-corrected chi connectivity index (χ4v) is 4.74. The molecule has 2 amide bonds. The molecule has 1 aromatic carbocycles. The van der Waals surface area contributed by atoms with Gasteiger partial charge in [-0.2, -0.15) is 5.10 Å². The van der Waals surface area contributed by atoms with E-state index in [1.165, 1.54) is 10.9 Å². The third kappa shape index (κ3) is 4.12. The van der Waals surface area contributed by atoms with Gasteiger partial charge in [-0.3, -0.25) is 10.1 Å². The Kier molecular flexibility index (Phi) is 5.48. The van der Waals surface area contributed by atoms with Gasteiger partial charge in [0.1, 0.15) is 11.2 Å². The fraction of sp³-hybridized carbons (Fsp3) is 0.185. The minimum Gasteiger partial charge on any atom is -0.390 e. The van der Waals surface area contributed by atoms with Crippen LogP contribution in [0.3, 0.4) is 0 Å². The molecule has 10 nitrogen and oxygen atoms in total. The van der Waals surface area contributed by atoms with E-state index in [1.807, 2.05) is 72.4 Å². The van der Waals surface area contributed by atoms with Crippen LogP contribution in [0, 0.1) is 0 Å². The average Bonchev–Trinajstić information content (AvgIpc) is 3.63. The van der Waals surface area contributed by atoms with E-state index in [0.717, 1.165) is 17.0 Å². The molecule has 0 radical (unpaired) electrons. The number of aryl methyl sites for hydroxylation is 1. The first-order valence-corrected chi connectivity index (χ1v) is 12.0. The molecule has 37 heavy (non-hydrogen) atoms. The van der Waals surface area contributed by atoms with Crippen molar-refractivity contribution in [2.24, 2.45) is 7.05 Å². The van der Waals surface area contributed by atoms with Crippen molar-refractivity contribution in [3.63, 3.8) is 0 Å². The lowest BCUT2D eigenvalue weighted by Crippen LogP contribution is -2.40. The third-order valence-electron chi connectivity index (χ3n) is 6.68. The highest BCUT2D eigenvalue weighted by Crippen LogP contribution is 2.29. The second kappa shape index (κ2) is 8.98. The van der Waals surface area contributed by atoms with Crippen molar-refractivity contribution < 1.29 is 14.3 Å². The van der Waals surface area contributed by atoms with E-state index in [2.05, 4.69) is 20.0 Å². The second-order valence-electron chi connectivity index (χ2n) is 8.98. The molecule has 1 unspecified atom stereocenters. The summed E-state index contributed by atoms with van der Waals surface area (Å²) in [4.78, 5) is 32.7. The molecule has 0 spiro atoms. The highest BCUT2D eigenvalue weighted by atomic mass is 16.6. The number of imidazole rings is 1. The van der Waals surface area contributed by atoms with Gasteiger partial charge in [-0.05, 0) is 25.1 Å². The van der Waals surface area contributed by atoms with E-state index in [4.69, 9.17) is 4.74 Å². The van der Waals surface area contributed by atoms with Gasteiger partial charge in [0, 0.05) is 61.7 Å². The SMILES string of the molecule is CC1c2cccn2CCN1C(=O)c1cnn(C)c1OC(=O)Nc1ccn2cc(-c3ccccc3)nc2c1. The molecule has 0 saturated heterocycles. The molecule has 1 aliphatic heterocycles. The van der Waals surface area contributed by atoms with Crippen molar-refractivity contribution in [1.82, 2.24) is 28.6 Å². The van der Waals surface area contributed by atoms with Crippen molar-refractivity contribution >= 4 is 23.3 Å². The average molecular weight is 496 g/mol. The predicted octanol–water partition coefficient (Wildman–Crippen LogP) is 4.36. The topological polar surface area (TPSA) is 98.7 Å². The molecular formula is C27H25N7O3. The number of fused-ring (bicyclic) bond motifs is 2. The van der Waals surface area contributed by atoms with E-state index in [-0.39, 0.29) is 23.4 Å². The van der Waals surface area contributed by atoms with Gasteiger partial charge < -0.3 is 18.6 Å². The lowest BCUT2D eigenvalue weighted by Gasteiger charge is -2.34. The van der Waals surface area contributed by atoms with E-state index in [0.29, 0.717) is 24.4 Å². The van der Waals surface area contributed by atoms with Crippen molar-refractivity contribution in [3.05, 3.63) is 90.6 Å². The maximum atomic E-state index is 13.4. The molecule has 186 valence electrons. The summed E-state index contributed by atoms with van der Waals surface area (Å²) in [6, 6.07) is 17.3. The van der Waals surface area contributed by atoms with Gasteiger partial charge in [-0.15, -0.1) is 0 Å². The van der Waals surface area contributed by atoms with E-state index in [9.17, 15) is 9.59 Å². The number of nitrogens with zero attached hydrogens (tertiary/aromatic N) is 6. The summed E-state index contributed by atoms with van der Waals surface area (Å²) in [7, 11) is 1.63. The molecular weight excluding hydrogens is 470 g/mol. The minimum absolute atomic E-state index is 0.0870. The van der Waals surface area contributed by atoms with E-state index >= 15 is 0 Å². The number of carbonyl (C=O) groups excluding carboxylic acids is 2. The highest BCUT2D eigenvalue weighted by Gasteiger charge is 2.31. The zero-order chi connectivity index (χ0) is 25.5. The number of hydrogen-bond donors (Lipinski definition) is 1. The number of nitrogens with one attached hydrogen (secondary N) is 1. The van der Waals surface area contributed by atoms with E-state index in [1.54, 1.807) is 24.1 Å². The van der Waals surface area contributed by atoms with E-state index < -0.39 is 6.09 Å². The predicted molar refractivity (Wildman–Crippen MR) is 137 cm³/mol. The Morgan fingerprint density at radius 1 is 1.05 bits per heavy atom. The smallest absolute Gasteiger partial charge is 0.390 e. The molecule has 5 aromatic rings. The van der Waals surface area contributed by atoms with Crippen molar-refractivity contribution in [1.29, 1.82) is 0 Å². The monoisotopic (exact) mass is 495 g/mol. The lowest BCUT2D eigenvalue weighted by atomic mass is 10.1. The molecule has 5 heterocycles. The number of amides is 2. The summed E-state index contributed by atoms with van der Waals surface area (Å²) < 4.78 is 11.0. The van der Waals surface area contributed by atoms with Crippen LogP contribution in [0.5, 0.6) is 5.88 Å². The number of anilines is 1. The maximum absolute atomic E-state index is 13.4. The van der Waals surface area contributed by atoms with Gasteiger partial charge in [0.05, 0.1) is 17.9 Å². The molecule has 10 heteroatoms. The summed E-state index contributed by atoms with van der Waals surface area (Å²) >= 11 is 0. The Balaban J connectivity index is 1.19. The van der Waals surface area contributed by atoms with Gasteiger partial charge in [0.2, 0.25) is 5.88 Å². The van der Waals surface area contributed by atoms with Crippen LogP contribution in [0.1, 0.15) is 29.0 Å². The van der Waals surface area contributed by atoms with Crippen LogP contribution in [-0.4, -0.2) is 47.2 Å². The number of hydrogen-bond acceptors (Lipinski definition) is 5. The van der Waals surface area contributed by atoms with Crippen LogP contribution < -0.4 is 10.1 Å². The zero-order valence-electron chi connectivity index (χ0n) is 20.4. The molecule has 1 N–H and O–H groups in total. The quantitative estimate of drug-likeness (QED) is 0.399. The second-order valence-corrected chi connectivity index (χ2v) is 8.98. The summed E-state index contributed by atoms with van der Waals surface area (Å²) in [6.07, 6.45) is 6.47. The number of pyridine rings is 1. The molecule has 0 bridgehead atoms. The van der Waals surface area contributed by atoms with Crippen LogP contribution in [-0.2, 0) is 13.6 Å². The summed E-state index contributed by atoms with van der Waals surface area (Å²) in [5.41, 5.74) is 4.33. The summed E-state index contributed by atoms with van der Waals surface area (Å²) in [5.74, 6) is -0.146. The van der Waals surface area contributed by atoms with Crippen molar-refractivity contribution in [3.8, 4) is 17.1 Å². The van der Waals surface area contributed by atoms with Gasteiger partial charge in [-0.25, -0.2) is 14.5 Å². The maximum Gasteiger partial charge on any atom is 0.418 e. The molecule has 0 fully saturated rings. The first kappa shape index (κ1) is 22.6. The fourth-order valence-electron chi connectivity index (χ4n) is 4.74. The standard InChI is InChI=1S/C27H25N7O3/c1-18-23-9-6-11-32(23)13-14-34(18)25(35)21-16-28-31(2)26(21)37-27(36)29-20-10-12-33-17-22(30-24(33)15-20)19-7-4-3-5-8-19/h3-12,15-18H,13-14H2,1-2H3,(H,29,36). The van der Waals surface area contributed by atoms with Crippen LogP contribution in [0.15, 0.2) is 79.4 Å². The number of benzene rings is 1. The largest absolute Gasteiger partial charge is 0.418 e. The molecule has 0 aliphatic carbocycles. The molecule has 0 saturated carbocycles. The van der Waals surface area contributed by atoms with Crippen molar-refractivity contribution in [2.75, 3.05) is 11.9 Å². The van der Waals surface area contributed by atoms with Crippen LogP contribution in [0.2, 0.25) is 0 Å². The van der Waals surface area contributed by atoms with Crippen molar-refractivity contribution in [2.45, 2.75) is 19.5 Å². The van der Waals surface area contributed by atoms with Crippen LogP contribution >= 0.6 is 0 Å². The minimum atomic E-state index is -0.725. The molecule has 1 aliphatic rings. The van der Waals surface area contributed by atoms with Gasteiger partial charge in [0.25, 0.3) is 5.91 Å². The first-order valence-electron chi connectivity index (χ1n) is 12.0. The van der Waals surface area contributed by atoms with Gasteiger partial charge in [-0.1, -0.05) is 30.3 Å². The first-order chi connectivity index (χ1) is 18.0. The number of carbonyl (C=O) groups is 2. The summed E-state index contributed by atoms with van der Waals surface area (Å²) in [5, 5.41) is 6.90. The Hall–Kier alpha value is -4.86. The Morgan fingerprint density at radius 2 is 1.89 bits per heavy atom. The molecule has 4 aromatic heterocycles. The van der Waals surface area contributed by atoms with Gasteiger partial charge >= 0.3 is 6.09 Å². The Morgan fingerprint density at radius 3 is 2.73 bits per heavy atom. The molecule has 1 atom stereocenters. The Labute approximate surface area is 212 Å². The lowest BCUT2D eigenvalue weighted by molar-refractivity contribution is 0.0641. The number of ether oxygens (including phenoxy) is 1. The summed E-state index contributed by atoms with van der Waals surface area (Å²) in [6.45, 7) is 3.25. The van der Waals surface area contributed by atoms with Crippen LogP contribution in [0.4, 0.5) is 10.5 Å². The number of aromatic nitrogens is 5. The van der Waals surface area contributed by atoms with Crippen LogP contribution in [0.25, 0.3) is 16.9 Å². The normalized spacial score (nSPS) is 15.0. The number of rotatable bonds is 4. The zero-order valence-corrected chi connectivity index (χ0v) is 20.4. The van der Waals surface area contributed by atoms with Gasteiger partial charge in [0.15, 0.2) is 0 Å². The Bertz CT molecular complexity index is 1620.